The molecular weight excluding hydrogens is 294 g/mol. The van der Waals surface area contributed by atoms with Crippen molar-refractivity contribution >= 4 is 37.8 Å². The fourth-order valence-electron chi connectivity index (χ4n) is 1.20. The van der Waals surface area contributed by atoms with E-state index in [1.807, 2.05) is 6.92 Å². The summed E-state index contributed by atoms with van der Waals surface area (Å²) in [5, 5.41) is 19.0. The molecule has 0 aliphatic heterocycles. The van der Waals surface area contributed by atoms with E-state index in [0.717, 1.165) is 5.01 Å². The minimum atomic E-state index is -3.64. The molecule has 0 fully saturated rings. The average molecular weight is 305 g/mol. The van der Waals surface area contributed by atoms with E-state index in [2.05, 4.69) is 14.9 Å². The molecule has 0 saturated carbocycles. The average Bonchev–Trinajstić information content (AvgIpc) is 2.96. The zero-order valence-corrected chi connectivity index (χ0v) is 11.9. The third-order valence-electron chi connectivity index (χ3n) is 2.09. The van der Waals surface area contributed by atoms with E-state index >= 15 is 0 Å². The molecule has 98 valence electrons. The van der Waals surface area contributed by atoms with Crippen LogP contribution in [0.1, 0.15) is 16.8 Å². The van der Waals surface area contributed by atoms with Crippen molar-refractivity contribution in [2.45, 2.75) is 24.8 Å². The van der Waals surface area contributed by atoms with Gasteiger partial charge >= 0.3 is 0 Å². The molecule has 0 aromatic carbocycles. The van der Waals surface area contributed by atoms with Crippen LogP contribution in [0.15, 0.2) is 16.3 Å². The summed E-state index contributed by atoms with van der Waals surface area (Å²) in [5.74, 6) is 0. The predicted octanol–water partition coefficient (Wildman–Crippen LogP) is 1.46. The van der Waals surface area contributed by atoms with Crippen LogP contribution in [0.4, 0.5) is 5.13 Å². The Bertz CT molecular complexity index is 632. The third-order valence-corrected chi connectivity index (χ3v) is 5.59. The third kappa shape index (κ3) is 2.86. The molecule has 2 N–H and O–H groups in total. The van der Waals surface area contributed by atoms with E-state index in [0.29, 0.717) is 11.3 Å². The molecule has 2 aromatic heterocycles. The lowest BCUT2D eigenvalue weighted by Crippen LogP contribution is -2.11. The quantitative estimate of drug-likeness (QED) is 0.872. The molecule has 0 unspecified atom stereocenters. The van der Waals surface area contributed by atoms with E-state index < -0.39 is 10.0 Å². The van der Waals surface area contributed by atoms with Crippen LogP contribution in [0.3, 0.4) is 0 Å². The van der Waals surface area contributed by atoms with Gasteiger partial charge in [-0.25, -0.2) is 8.42 Å². The zero-order valence-electron chi connectivity index (χ0n) is 9.45. The maximum atomic E-state index is 12.0. The van der Waals surface area contributed by atoms with Crippen molar-refractivity contribution in [2.75, 3.05) is 4.72 Å². The second-order valence-electron chi connectivity index (χ2n) is 3.37. The van der Waals surface area contributed by atoms with Crippen molar-refractivity contribution in [3.63, 3.8) is 0 Å². The predicted molar refractivity (Wildman–Crippen MR) is 70.3 cm³/mol. The van der Waals surface area contributed by atoms with Gasteiger partial charge in [0.05, 0.1) is 11.5 Å². The van der Waals surface area contributed by atoms with Gasteiger partial charge in [0.25, 0.3) is 10.0 Å². The lowest BCUT2D eigenvalue weighted by atomic mass is 10.5. The molecule has 0 amide bonds. The number of hydrogen-bond acceptors (Lipinski definition) is 7. The van der Waals surface area contributed by atoms with Crippen molar-refractivity contribution in [2.24, 2.45) is 0 Å². The first-order valence-electron chi connectivity index (χ1n) is 5.08. The number of nitrogens with one attached hydrogen (secondary N) is 1. The Morgan fingerprint density at radius 3 is 2.78 bits per heavy atom. The molecule has 9 heteroatoms. The van der Waals surface area contributed by atoms with Gasteiger partial charge in [-0.15, -0.1) is 21.5 Å². The molecule has 0 aliphatic carbocycles. The topological polar surface area (TPSA) is 92.2 Å². The number of sulfonamides is 1. The normalized spacial score (nSPS) is 11.7. The molecule has 0 atom stereocenters. The summed E-state index contributed by atoms with van der Waals surface area (Å²) in [4.78, 5) is 0.728. The van der Waals surface area contributed by atoms with Crippen LogP contribution in [-0.2, 0) is 23.1 Å². The summed E-state index contributed by atoms with van der Waals surface area (Å²) in [6, 6.07) is 1.44. The standard InChI is InChI=1S/C9H11N3O3S3/c1-2-8-10-11-9(17-8)12-18(14,15)7-3-6(4-13)16-5-7/h3,5,13H,2,4H2,1H3,(H,11,12). The van der Waals surface area contributed by atoms with Crippen molar-refractivity contribution in [1.82, 2.24) is 10.2 Å². The fourth-order valence-corrected chi connectivity index (χ4v) is 4.24. The first kappa shape index (κ1) is 13.4. The van der Waals surface area contributed by atoms with Crippen LogP contribution in [0.2, 0.25) is 0 Å². The minimum absolute atomic E-state index is 0.129. The highest BCUT2D eigenvalue weighted by molar-refractivity contribution is 7.93. The van der Waals surface area contributed by atoms with Crippen molar-refractivity contribution < 1.29 is 13.5 Å². The molecule has 0 saturated heterocycles. The summed E-state index contributed by atoms with van der Waals surface area (Å²) < 4.78 is 26.3. The Morgan fingerprint density at radius 2 is 2.22 bits per heavy atom. The molecule has 2 aromatic rings. The van der Waals surface area contributed by atoms with E-state index in [4.69, 9.17) is 5.11 Å². The monoisotopic (exact) mass is 305 g/mol. The highest BCUT2D eigenvalue weighted by Crippen LogP contribution is 2.23. The van der Waals surface area contributed by atoms with Gasteiger partial charge in [0, 0.05) is 10.3 Å². The van der Waals surface area contributed by atoms with Crippen LogP contribution in [0, 0.1) is 0 Å². The summed E-state index contributed by atoms with van der Waals surface area (Å²) >= 11 is 2.40. The van der Waals surface area contributed by atoms with Crippen molar-refractivity contribution in [3.05, 3.63) is 21.3 Å². The Morgan fingerprint density at radius 1 is 1.44 bits per heavy atom. The minimum Gasteiger partial charge on any atom is -0.391 e. The van der Waals surface area contributed by atoms with Gasteiger partial charge in [-0.3, -0.25) is 4.72 Å². The van der Waals surface area contributed by atoms with Gasteiger partial charge in [0.1, 0.15) is 5.01 Å². The number of anilines is 1. The van der Waals surface area contributed by atoms with Crippen LogP contribution in [0.5, 0.6) is 0 Å². The summed E-state index contributed by atoms with van der Waals surface area (Å²) in [6.07, 6.45) is 0.715. The van der Waals surface area contributed by atoms with E-state index in [-0.39, 0.29) is 16.6 Å². The summed E-state index contributed by atoms with van der Waals surface area (Å²) in [5.41, 5.74) is 0. The van der Waals surface area contributed by atoms with Gasteiger partial charge in [0.2, 0.25) is 5.13 Å². The van der Waals surface area contributed by atoms with E-state index in [9.17, 15) is 8.42 Å². The van der Waals surface area contributed by atoms with Crippen molar-refractivity contribution in [3.8, 4) is 0 Å². The Hall–Kier alpha value is -1.03. The smallest absolute Gasteiger partial charge is 0.264 e. The highest BCUT2D eigenvalue weighted by Gasteiger charge is 2.18. The van der Waals surface area contributed by atoms with E-state index in [1.165, 1.54) is 34.1 Å². The second-order valence-corrected chi connectivity index (χ2v) is 7.11. The highest BCUT2D eigenvalue weighted by atomic mass is 32.2. The first-order chi connectivity index (χ1) is 8.55. The maximum Gasteiger partial charge on any atom is 0.264 e. The number of hydrogen-bond donors (Lipinski definition) is 2. The number of aryl methyl sites for hydroxylation is 1. The van der Waals surface area contributed by atoms with Gasteiger partial charge in [-0.1, -0.05) is 18.3 Å². The number of thiophene rings is 1. The van der Waals surface area contributed by atoms with Crippen LogP contribution in [0.25, 0.3) is 0 Å². The Kier molecular flexibility index (Phi) is 3.95. The lowest BCUT2D eigenvalue weighted by Gasteiger charge is -2.00. The molecule has 0 aliphatic rings. The Labute approximate surface area is 112 Å². The molecule has 18 heavy (non-hydrogen) atoms. The number of aliphatic hydroxyl groups excluding tert-OH is 1. The number of rotatable bonds is 5. The molecule has 0 radical (unpaired) electrons. The van der Waals surface area contributed by atoms with Crippen LogP contribution >= 0.6 is 22.7 Å². The number of aromatic nitrogens is 2. The van der Waals surface area contributed by atoms with E-state index in [1.54, 1.807) is 0 Å². The molecule has 2 rings (SSSR count). The molecule has 0 bridgehead atoms. The van der Waals surface area contributed by atoms with Crippen LogP contribution in [-0.4, -0.2) is 23.7 Å². The summed E-state index contributed by atoms with van der Waals surface area (Å²) in [6.45, 7) is 1.75. The summed E-state index contributed by atoms with van der Waals surface area (Å²) in [7, 11) is -3.64. The van der Waals surface area contributed by atoms with Gasteiger partial charge in [-0.2, -0.15) is 0 Å². The van der Waals surface area contributed by atoms with Gasteiger partial charge in [-0.05, 0) is 12.5 Å². The van der Waals surface area contributed by atoms with Crippen LogP contribution < -0.4 is 4.72 Å². The Balaban J connectivity index is 2.21. The van der Waals surface area contributed by atoms with Crippen molar-refractivity contribution in [1.29, 1.82) is 0 Å². The SMILES string of the molecule is CCc1nnc(NS(=O)(=O)c2csc(CO)c2)s1. The molecule has 6 nitrogen and oxygen atoms in total. The number of aliphatic hydroxyl groups is 1. The molecular formula is C9H11N3O3S3. The number of nitrogens with zero attached hydrogens (tertiary/aromatic N) is 2. The van der Waals surface area contributed by atoms with Gasteiger partial charge < -0.3 is 5.11 Å². The molecule has 2 heterocycles. The second kappa shape index (κ2) is 5.31. The first-order valence-corrected chi connectivity index (χ1v) is 8.26. The largest absolute Gasteiger partial charge is 0.391 e. The zero-order chi connectivity index (χ0) is 13.2. The molecule has 0 spiro atoms. The maximum absolute atomic E-state index is 12.0. The van der Waals surface area contributed by atoms with Gasteiger partial charge in [0.15, 0.2) is 0 Å². The fraction of sp³-hybridized carbons (Fsp3) is 0.333. The lowest BCUT2D eigenvalue weighted by molar-refractivity contribution is 0.285.